The molecule has 1 N–H and O–H groups in total. The maximum absolute atomic E-state index is 12.6. The molecule has 0 bridgehead atoms. The molecule has 0 aliphatic carbocycles. The van der Waals surface area contributed by atoms with Gasteiger partial charge in [-0.3, -0.25) is 10.1 Å². The van der Waals surface area contributed by atoms with Crippen LogP contribution in [0.4, 0.5) is 17.1 Å². The van der Waals surface area contributed by atoms with Crippen molar-refractivity contribution in [2.45, 2.75) is 17.7 Å². The fourth-order valence-corrected chi connectivity index (χ4v) is 4.36. The minimum atomic E-state index is -3.71. The third-order valence-corrected chi connectivity index (χ3v) is 6.14. The van der Waals surface area contributed by atoms with Crippen LogP contribution in [0.5, 0.6) is 0 Å². The van der Waals surface area contributed by atoms with Gasteiger partial charge in [0.05, 0.1) is 9.82 Å². The summed E-state index contributed by atoms with van der Waals surface area (Å²) >= 11 is 5.82. The van der Waals surface area contributed by atoms with E-state index in [-0.39, 0.29) is 16.3 Å². The van der Waals surface area contributed by atoms with Crippen molar-refractivity contribution in [3.63, 3.8) is 0 Å². The van der Waals surface area contributed by atoms with Gasteiger partial charge in [0.2, 0.25) is 10.0 Å². The summed E-state index contributed by atoms with van der Waals surface area (Å²) in [5.41, 5.74) is 0.533. The molecule has 2 aromatic carbocycles. The Morgan fingerprint density at radius 2 is 1.72 bits per heavy atom. The van der Waals surface area contributed by atoms with Gasteiger partial charge in [0, 0.05) is 29.9 Å². The van der Waals surface area contributed by atoms with Crippen LogP contribution in [0.2, 0.25) is 5.02 Å². The largest absolute Gasteiger partial charge is 0.350 e. The van der Waals surface area contributed by atoms with E-state index >= 15 is 0 Å². The topological polar surface area (TPSA) is 92.5 Å². The normalized spacial score (nSPS) is 15.2. The molecule has 0 radical (unpaired) electrons. The first-order chi connectivity index (χ1) is 11.9. The Balaban J connectivity index is 1.95. The first kappa shape index (κ1) is 17.7. The van der Waals surface area contributed by atoms with Crippen molar-refractivity contribution in [3.8, 4) is 0 Å². The second kappa shape index (κ2) is 6.99. The first-order valence-electron chi connectivity index (χ1n) is 7.69. The lowest BCUT2D eigenvalue weighted by molar-refractivity contribution is -0.384. The van der Waals surface area contributed by atoms with Crippen LogP contribution in [0.15, 0.2) is 47.4 Å². The lowest BCUT2D eigenvalue weighted by Gasteiger charge is -2.16. The van der Waals surface area contributed by atoms with Crippen molar-refractivity contribution in [2.24, 2.45) is 0 Å². The summed E-state index contributed by atoms with van der Waals surface area (Å²) in [5.74, 6) is 0. The van der Waals surface area contributed by atoms with E-state index in [1.807, 2.05) is 0 Å². The minimum Gasteiger partial charge on any atom is -0.350 e. The molecule has 1 aliphatic rings. The van der Waals surface area contributed by atoms with Crippen molar-refractivity contribution >= 4 is 38.7 Å². The highest BCUT2D eigenvalue weighted by Gasteiger charge is 2.29. The van der Waals surface area contributed by atoms with Crippen molar-refractivity contribution in [1.29, 1.82) is 0 Å². The monoisotopic (exact) mass is 381 g/mol. The van der Waals surface area contributed by atoms with Gasteiger partial charge in [-0.1, -0.05) is 11.6 Å². The van der Waals surface area contributed by atoms with E-state index < -0.39 is 14.9 Å². The average Bonchev–Trinajstić information content (AvgIpc) is 3.12. The molecule has 0 atom stereocenters. The van der Waals surface area contributed by atoms with Crippen LogP contribution in [0, 0.1) is 10.1 Å². The van der Waals surface area contributed by atoms with Crippen LogP contribution in [-0.2, 0) is 10.0 Å². The number of hydrogen-bond donors (Lipinski definition) is 1. The highest BCUT2D eigenvalue weighted by Crippen LogP contribution is 2.32. The Morgan fingerprint density at radius 3 is 2.32 bits per heavy atom. The third-order valence-electron chi connectivity index (χ3n) is 3.99. The van der Waals surface area contributed by atoms with Crippen LogP contribution < -0.4 is 5.32 Å². The summed E-state index contributed by atoms with van der Waals surface area (Å²) in [4.78, 5) is 10.7. The van der Waals surface area contributed by atoms with Gasteiger partial charge in [-0.2, -0.15) is 4.31 Å². The fraction of sp³-hybridized carbons (Fsp3) is 0.250. The predicted molar refractivity (Wildman–Crippen MR) is 95.8 cm³/mol. The zero-order chi connectivity index (χ0) is 18.0. The molecular formula is C16H16ClN3O4S. The number of rotatable bonds is 5. The van der Waals surface area contributed by atoms with Crippen molar-refractivity contribution < 1.29 is 13.3 Å². The molecule has 3 rings (SSSR count). The zero-order valence-corrected chi connectivity index (χ0v) is 14.8. The number of halogens is 1. The standard InChI is InChI=1S/C16H16ClN3O4S/c17-12-3-5-13(6-4-12)18-15-8-7-14(11-16(15)20(21)22)25(23,24)19-9-1-2-10-19/h3-8,11,18H,1-2,9-10H2. The van der Waals surface area contributed by atoms with E-state index in [4.69, 9.17) is 11.6 Å². The van der Waals surface area contributed by atoms with Gasteiger partial charge in [-0.05, 0) is 49.2 Å². The van der Waals surface area contributed by atoms with E-state index in [0.29, 0.717) is 23.8 Å². The van der Waals surface area contributed by atoms with E-state index in [1.54, 1.807) is 24.3 Å². The van der Waals surface area contributed by atoms with Crippen LogP contribution in [0.3, 0.4) is 0 Å². The van der Waals surface area contributed by atoms with Crippen LogP contribution in [0.1, 0.15) is 12.8 Å². The molecular weight excluding hydrogens is 366 g/mol. The van der Waals surface area contributed by atoms with Gasteiger partial charge < -0.3 is 5.32 Å². The Hall–Kier alpha value is -2.16. The molecule has 25 heavy (non-hydrogen) atoms. The average molecular weight is 382 g/mol. The summed E-state index contributed by atoms with van der Waals surface area (Å²) in [6, 6.07) is 10.6. The Bertz CT molecular complexity index is 894. The highest BCUT2D eigenvalue weighted by molar-refractivity contribution is 7.89. The molecule has 1 heterocycles. The molecule has 0 spiro atoms. The molecule has 0 aromatic heterocycles. The molecule has 7 nitrogen and oxygen atoms in total. The minimum absolute atomic E-state index is 0.0669. The van der Waals surface area contributed by atoms with E-state index in [2.05, 4.69) is 5.32 Å². The molecule has 1 fully saturated rings. The lowest BCUT2D eigenvalue weighted by Crippen LogP contribution is -2.27. The molecule has 1 saturated heterocycles. The van der Waals surface area contributed by atoms with Gasteiger partial charge in [-0.15, -0.1) is 0 Å². The van der Waals surface area contributed by atoms with Crippen LogP contribution in [0.25, 0.3) is 0 Å². The summed E-state index contributed by atoms with van der Waals surface area (Å²) in [6.07, 6.45) is 1.61. The number of nitro benzene ring substituents is 1. The second-order valence-corrected chi connectivity index (χ2v) is 8.05. The molecule has 132 valence electrons. The molecule has 0 unspecified atom stereocenters. The molecule has 1 aliphatic heterocycles. The number of nitro groups is 1. The summed E-state index contributed by atoms with van der Waals surface area (Å²) in [6.45, 7) is 0.891. The maximum Gasteiger partial charge on any atom is 0.294 e. The van der Waals surface area contributed by atoms with Gasteiger partial charge >= 0.3 is 0 Å². The zero-order valence-electron chi connectivity index (χ0n) is 13.2. The Kier molecular flexibility index (Phi) is 4.94. The Labute approximate surface area is 150 Å². The quantitative estimate of drug-likeness (QED) is 0.628. The lowest BCUT2D eigenvalue weighted by atomic mass is 10.2. The van der Waals surface area contributed by atoms with Gasteiger partial charge in [0.1, 0.15) is 5.69 Å². The van der Waals surface area contributed by atoms with Gasteiger partial charge in [0.15, 0.2) is 0 Å². The highest BCUT2D eigenvalue weighted by atomic mass is 35.5. The number of benzene rings is 2. The number of nitrogens with zero attached hydrogens (tertiary/aromatic N) is 2. The molecule has 0 amide bonds. The van der Waals surface area contributed by atoms with E-state index in [9.17, 15) is 18.5 Å². The number of nitrogens with one attached hydrogen (secondary N) is 1. The molecule has 0 saturated carbocycles. The summed E-state index contributed by atoms with van der Waals surface area (Å²) in [7, 11) is -3.71. The van der Waals surface area contributed by atoms with Gasteiger partial charge in [-0.25, -0.2) is 8.42 Å². The van der Waals surface area contributed by atoms with Crippen molar-refractivity contribution in [1.82, 2.24) is 4.31 Å². The molecule has 2 aromatic rings. The molecule has 9 heteroatoms. The van der Waals surface area contributed by atoms with Crippen LogP contribution in [-0.4, -0.2) is 30.7 Å². The SMILES string of the molecule is O=[N+]([O-])c1cc(S(=O)(=O)N2CCCC2)ccc1Nc1ccc(Cl)cc1. The first-order valence-corrected chi connectivity index (χ1v) is 9.51. The van der Waals surface area contributed by atoms with Gasteiger partial charge in [0.25, 0.3) is 5.69 Å². The summed E-state index contributed by atoms with van der Waals surface area (Å²) in [5, 5.41) is 14.9. The van der Waals surface area contributed by atoms with E-state index in [0.717, 1.165) is 18.9 Å². The number of anilines is 2. The van der Waals surface area contributed by atoms with Crippen molar-refractivity contribution in [2.75, 3.05) is 18.4 Å². The third kappa shape index (κ3) is 3.76. The Morgan fingerprint density at radius 1 is 1.08 bits per heavy atom. The second-order valence-electron chi connectivity index (χ2n) is 5.68. The summed E-state index contributed by atoms with van der Waals surface area (Å²) < 4.78 is 26.5. The van der Waals surface area contributed by atoms with E-state index in [1.165, 1.54) is 16.4 Å². The van der Waals surface area contributed by atoms with Crippen LogP contribution >= 0.6 is 11.6 Å². The maximum atomic E-state index is 12.6. The number of sulfonamides is 1. The predicted octanol–water partition coefficient (Wildman–Crippen LogP) is 3.78. The smallest absolute Gasteiger partial charge is 0.294 e. The van der Waals surface area contributed by atoms with Crippen molar-refractivity contribution in [3.05, 3.63) is 57.6 Å². The number of hydrogen-bond acceptors (Lipinski definition) is 5. The fourth-order valence-electron chi connectivity index (χ4n) is 2.69.